The highest BCUT2D eigenvalue weighted by Gasteiger charge is 2.15. The second-order valence-electron chi connectivity index (χ2n) is 5.46. The molecule has 1 aromatic carbocycles. The van der Waals surface area contributed by atoms with Crippen molar-refractivity contribution in [3.05, 3.63) is 29.8 Å². The van der Waals surface area contributed by atoms with Crippen LogP contribution in [0.15, 0.2) is 24.3 Å². The van der Waals surface area contributed by atoms with Crippen LogP contribution in [0.2, 0.25) is 0 Å². The molecule has 0 spiro atoms. The maximum Gasteiger partial charge on any atom is 0.319 e. The van der Waals surface area contributed by atoms with Gasteiger partial charge in [-0.2, -0.15) is 0 Å². The zero-order valence-electron chi connectivity index (χ0n) is 13.2. The molecule has 0 aromatic heterocycles. The highest BCUT2D eigenvalue weighted by atomic mass is 16.5. The van der Waals surface area contributed by atoms with Gasteiger partial charge >= 0.3 is 6.03 Å². The lowest BCUT2D eigenvalue weighted by Crippen LogP contribution is -2.41. The smallest absolute Gasteiger partial charge is 0.319 e. The summed E-state index contributed by atoms with van der Waals surface area (Å²) in [7, 11) is 1.65. The highest BCUT2D eigenvalue weighted by molar-refractivity contribution is 5.89. The molecule has 0 radical (unpaired) electrons. The number of benzene rings is 1. The van der Waals surface area contributed by atoms with Crippen LogP contribution in [-0.4, -0.2) is 30.9 Å². The fourth-order valence-corrected chi connectivity index (χ4v) is 2.05. The van der Waals surface area contributed by atoms with Crippen LogP contribution in [0.25, 0.3) is 0 Å². The van der Waals surface area contributed by atoms with Crippen LogP contribution in [0, 0.1) is 5.92 Å². The fraction of sp³-hybridized carbons (Fsp3) is 0.562. The third-order valence-electron chi connectivity index (χ3n) is 3.53. The number of urea groups is 1. The molecular formula is C16H26N2O3. The quantitative estimate of drug-likeness (QED) is 0.724. The molecule has 0 saturated carbocycles. The largest absolute Gasteiger partial charge is 0.396 e. The molecule has 5 heteroatoms. The molecule has 21 heavy (non-hydrogen) atoms. The van der Waals surface area contributed by atoms with Crippen molar-refractivity contribution < 1.29 is 14.6 Å². The van der Waals surface area contributed by atoms with E-state index in [1.54, 1.807) is 7.11 Å². The topological polar surface area (TPSA) is 70.6 Å². The Labute approximate surface area is 126 Å². The average molecular weight is 294 g/mol. The summed E-state index contributed by atoms with van der Waals surface area (Å²) >= 11 is 0. The first-order chi connectivity index (χ1) is 9.97. The van der Waals surface area contributed by atoms with Crippen molar-refractivity contribution >= 4 is 11.7 Å². The summed E-state index contributed by atoms with van der Waals surface area (Å²) in [4.78, 5) is 12.0. The maximum atomic E-state index is 12.0. The SMILES string of the molecule is COC(C)c1cccc(NC(=O)NC(CCO)C(C)C)c1. The minimum atomic E-state index is -0.260. The summed E-state index contributed by atoms with van der Waals surface area (Å²) in [5.41, 5.74) is 1.73. The molecule has 1 aromatic rings. The van der Waals surface area contributed by atoms with Gasteiger partial charge in [0.1, 0.15) is 0 Å². The number of nitrogens with one attached hydrogen (secondary N) is 2. The Hall–Kier alpha value is -1.59. The van der Waals surface area contributed by atoms with E-state index in [9.17, 15) is 4.79 Å². The standard InChI is InChI=1S/C16H26N2O3/c1-11(2)15(8-9-19)18-16(20)17-14-7-5-6-13(10-14)12(3)21-4/h5-7,10-12,15,19H,8-9H2,1-4H3,(H2,17,18,20). The van der Waals surface area contributed by atoms with E-state index in [2.05, 4.69) is 10.6 Å². The number of ether oxygens (including phenoxy) is 1. The second kappa shape index (κ2) is 8.64. The summed E-state index contributed by atoms with van der Waals surface area (Å²) in [6.07, 6.45) is 0.527. The maximum absolute atomic E-state index is 12.0. The molecule has 2 unspecified atom stereocenters. The van der Waals surface area contributed by atoms with Gasteiger partial charge in [0.05, 0.1) is 6.10 Å². The van der Waals surface area contributed by atoms with Crippen molar-refractivity contribution in [1.82, 2.24) is 5.32 Å². The zero-order valence-corrected chi connectivity index (χ0v) is 13.2. The molecular weight excluding hydrogens is 268 g/mol. The van der Waals surface area contributed by atoms with Crippen molar-refractivity contribution in [1.29, 1.82) is 0 Å². The molecule has 0 aliphatic heterocycles. The number of aliphatic hydroxyl groups is 1. The number of methoxy groups -OCH3 is 1. The molecule has 0 aliphatic carbocycles. The van der Waals surface area contributed by atoms with Crippen LogP contribution in [0.5, 0.6) is 0 Å². The molecule has 118 valence electrons. The van der Waals surface area contributed by atoms with E-state index in [0.717, 1.165) is 11.3 Å². The minimum Gasteiger partial charge on any atom is -0.396 e. The number of carbonyl (C=O) groups excluding carboxylic acids is 1. The van der Waals surface area contributed by atoms with Crippen LogP contribution < -0.4 is 10.6 Å². The van der Waals surface area contributed by atoms with E-state index in [4.69, 9.17) is 9.84 Å². The van der Waals surface area contributed by atoms with Gasteiger partial charge in [0.2, 0.25) is 0 Å². The normalized spacial score (nSPS) is 13.8. The Balaban J connectivity index is 2.66. The summed E-state index contributed by atoms with van der Waals surface area (Å²) in [5, 5.41) is 14.7. The minimum absolute atomic E-state index is 0.0207. The molecule has 2 atom stereocenters. The first-order valence-corrected chi connectivity index (χ1v) is 7.29. The summed E-state index contributed by atoms with van der Waals surface area (Å²) in [6, 6.07) is 7.26. The van der Waals surface area contributed by atoms with E-state index in [1.807, 2.05) is 45.0 Å². The van der Waals surface area contributed by atoms with Crippen molar-refractivity contribution in [3.63, 3.8) is 0 Å². The Morgan fingerprint density at radius 3 is 2.62 bits per heavy atom. The Morgan fingerprint density at radius 2 is 2.05 bits per heavy atom. The zero-order chi connectivity index (χ0) is 15.8. The summed E-state index contributed by atoms with van der Waals surface area (Å²) in [6.45, 7) is 6.04. The third-order valence-corrected chi connectivity index (χ3v) is 3.53. The monoisotopic (exact) mass is 294 g/mol. The van der Waals surface area contributed by atoms with Crippen LogP contribution in [0.3, 0.4) is 0 Å². The predicted octanol–water partition coefficient (Wildman–Crippen LogP) is 2.92. The first-order valence-electron chi connectivity index (χ1n) is 7.29. The van der Waals surface area contributed by atoms with Gasteiger partial charge in [-0.15, -0.1) is 0 Å². The molecule has 5 nitrogen and oxygen atoms in total. The molecule has 0 bridgehead atoms. The van der Waals surface area contributed by atoms with Gasteiger partial charge < -0.3 is 20.5 Å². The average Bonchev–Trinajstić information content (AvgIpc) is 2.46. The van der Waals surface area contributed by atoms with Crippen LogP contribution in [0.1, 0.15) is 38.9 Å². The van der Waals surface area contributed by atoms with E-state index >= 15 is 0 Å². The van der Waals surface area contributed by atoms with Gasteiger partial charge in [0.25, 0.3) is 0 Å². The van der Waals surface area contributed by atoms with Gasteiger partial charge in [-0.1, -0.05) is 26.0 Å². The summed E-state index contributed by atoms with van der Waals surface area (Å²) in [5.74, 6) is 0.266. The first kappa shape index (κ1) is 17.5. The van der Waals surface area contributed by atoms with Crippen molar-refractivity contribution in [2.45, 2.75) is 39.3 Å². The third kappa shape index (κ3) is 5.73. The molecule has 1 rings (SSSR count). The van der Waals surface area contributed by atoms with Crippen molar-refractivity contribution in [2.75, 3.05) is 19.0 Å². The van der Waals surface area contributed by atoms with E-state index in [1.165, 1.54) is 0 Å². The lowest BCUT2D eigenvalue weighted by Gasteiger charge is -2.22. The lowest BCUT2D eigenvalue weighted by atomic mass is 10.0. The molecule has 0 heterocycles. The molecule has 0 saturated heterocycles. The lowest BCUT2D eigenvalue weighted by molar-refractivity contribution is 0.119. The van der Waals surface area contributed by atoms with Crippen molar-refractivity contribution in [2.24, 2.45) is 5.92 Å². The van der Waals surface area contributed by atoms with E-state index in [0.29, 0.717) is 6.42 Å². The predicted molar refractivity (Wildman–Crippen MR) is 84.3 cm³/mol. The van der Waals surface area contributed by atoms with Crippen molar-refractivity contribution in [3.8, 4) is 0 Å². The van der Waals surface area contributed by atoms with Crippen LogP contribution in [0.4, 0.5) is 10.5 Å². The second-order valence-corrected chi connectivity index (χ2v) is 5.46. The number of rotatable bonds is 7. The fourth-order valence-electron chi connectivity index (χ4n) is 2.05. The van der Waals surface area contributed by atoms with E-state index < -0.39 is 0 Å². The molecule has 3 N–H and O–H groups in total. The number of hydrogen-bond donors (Lipinski definition) is 3. The van der Waals surface area contributed by atoms with Gasteiger partial charge in [0, 0.05) is 25.4 Å². The number of hydrogen-bond acceptors (Lipinski definition) is 3. The van der Waals surface area contributed by atoms with Gasteiger partial charge in [-0.05, 0) is 37.0 Å². The summed E-state index contributed by atoms with van der Waals surface area (Å²) < 4.78 is 5.27. The highest BCUT2D eigenvalue weighted by Crippen LogP contribution is 2.19. The van der Waals surface area contributed by atoms with E-state index in [-0.39, 0.29) is 30.7 Å². The number of aliphatic hydroxyl groups excluding tert-OH is 1. The van der Waals surface area contributed by atoms with Gasteiger partial charge in [-0.3, -0.25) is 0 Å². The number of amides is 2. The molecule has 0 aliphatic rings. The van der Waals surface area contributed by atoms with Crippen LogP contribution in [-0.2, 0) is 4.74 Å². The number of carbonyl (C=O) groups is 1. The Morgan fingerprint density at radius 1 is 1.33 bits per heavy atom. The van der Waals surface area contributed by atoms with Gasteiger partial charge in [-0.25, -0.2) is 4.79 Å². The Kier molecular flexibility index (Phi) is 7.19. The molecule has 2 amide bonds. The van der Waals surface area contributed by atoms with Crippen LogP contribution >= 0.6 is 0 Å². The molecule has 0 fully saturated rings. The number of anilines is 1. The van der Waals surface area contributed by atoms with Gasteiger partial charge in [0.15, 0.2) is 0 Å². The Bertz CT molecular complexity index is 449.